The predicted octanol–water partition coefficient (Wildman–Crippen LogP) is 3.50. The molecular formula is C21H25NO3. The highest BCUT2D eigenvalue weighted by Gasteiger charge is 2.70. The highest BCUT2D eigenvalue weighted by Crippen LogP contribution is 2.65. The van der Waals surface area contributed by atoms with E-state index >= 15 is 0 Å². The Labute approximate surface area is 148 Å². The van der Waals surface area contributed by atoms with Crippen molar-refractivity contribution in [1.29, 1.82) is 0 Å². The summed E-state index contributed by atoms with van der Waals surface area (Å²) >= 11 is 0. The van der Waals surface area contributed by atoms with Crippen LogP contribution in [0.3, 0.4) is 0 Å². The van der Waals surface area contributed by atoms with Crippen molar-refractivity contribution < 1.29 is 14.3 Å². The topological polar surface area (TPSA) is 55.4 Å². The summed E-state index contributed by atoms with van der Waals surface area (Å²) in [4.78, 5) is 25.4. The standard InChI is InChI=1S/C21H25NO3/c23-16-12-21(25-17-9-5-4-8-14(16)17)11-10-15-18(19(15)21)20(24)22-13-6-2-1-3-7-13/h4-5,8-9,13,15,18-19H,1-3,6-7,10-12H2,(H,22,24)/t15-,18+,19-,21+/m1/s1. The van der Waals surface area contributed by atoms with Crippen molar-refractivity contribution in [3.8, 4) is 5.75 Å². The fourth-order valence-corrected chi connectivity index (χ4v) is 5.66. The molecule has 0 bridgehead atoms. The highest BCUT2D eigenvalue weighted by molar-refractivity contribution is 6.00. The molecule has 4 heteroatoms. The lowest BCUT2D eigenvalue weighted by Gasteiger charge is -2.37. The van der Waals surface area contributed by atoms with Crippen LogP contribution in [0.15, 0.2) is 24.3 Å². The second kappa shape index (κ2) is 5.58. The number of Topliss-reactive ketones (excluding diaryl/α,β-unsaturated/α-hetero) is 1. The molecule has 4 nitrogen and oxygen atoms in total. The molecule has 132 valence electrons. The van der Waals surface area contributed by atoms with Gasteiger partial charge in [0.05, 0.1) is 12.0 Å². The quantitative estimate of drug-likeness (QED) is 0.897. The summed E-state index contributed by atoms with van der Waals surface area (Å²) in [5.41, 5.74) is 0.255. The number of ketones is 1. The van der Waals surface area contributed by atoms with E-state index in [9.17, 15) is 9.59 Å². The molecule has 1 aliphatic heterocycles. The minimum atomic E-state index is -0.440. The number of rotatable bonds is 2. The second-order valence-electron chi connectivity index (χ2n) is 8.36. The lowest BCUT2D eigenvalue weighted by molar-refractivity contribution is -0.125. The molecule has 4 aliphatic rings. The van der Waals surface area contributed by atoms with Gasteiger partial charge in [0.25, 0.3) is 0 Å². The first kappa shape index (κ1) is 15.4. The Balaban J connectivity index is 1.33. The van der Waals surface area contributed by atoms with Crippen LogP contribution in [0.25, 0.3) is 0 Å². The van der Waals surface area contributed by atoms with Gasteiger partial charge in [0.15, 0.2) is 5.78 Å². The van der Waals surface area contributed by atoms with Gasteiger partial charge in [-0.1, -0.05) is 31.4 Å². The van der Waals surface area contributed by atoms with Crippen molar-refractivity contribution in [2.24, 2.45) is 17.8 Å². The molecule has 0 unspecified atom stereocenters. The van der Waals surface area contributed by atoms with Crippen LogP contribution >= 0.6 is 0 Å². The van der Waals surface area contributed by atoms with Crippen molar-refractivity contribution in [2.75, 3.05) is 0 Å². The zero-order valence-electron chi connectivity index (χ0n) is 14.5. The summed E-state index contributed by atoms with van der Waals surface area (Å²) in [7, 11) is 0. The van der Waals surface area contributed by atoms with Crippen LogP contribution in [0.2, 0.25) is 0 Å². The molecule has 0 saturated heterocycles. The van der Waals surface area contributed by atoms with Crippen LogP contribution in [0.4, 0.5) is 0 Å². The number of nitrogens with one attached hydrogen (secondary N) is 1. The van der Waals surface area contributed by atoms with E-state index in [1.807, 2.05) is 24.3 Å². The Morgan fingerprint density at radius 1 is 1.12 bits per heavy atom. The smallest absolute Gasteiger partial charge is 0.224 e. The molecule has 3 fully saturated rings. The lowest BCUT2D eigenvalue weighted by Crippen LogP contribution is -2.45. The van der Waals surface area contributed by atoms with E-state index in [2.05, 4.69) is 5.32 Å². The fourth-order valence-electron chi connectivity index (χ4n) is 5.66. The molecule has 0 radical (unpaired) electrons. The third kappa shape index (κ3) is 2.41. The molecule has 25 heavy (non-hydrogen) atoms. The molecule has 1 amide bonds. The Bertz CT molecular complexity index is 724. The first-order chi connectivity index (χ1) is 12.2. The van der Waals surface area contributed by atoms with Crippen molar-refractivity contribution in [1.82, 2.24) is 5.32 Å². The van der Waals surface area contributed by atoms with Gasteiger partial charge >= 0.3 is 0 Å². The van der Waals surface area contributed by atoms with Gasteiger partial charge in [0.2, 0.25) is 5.91 Å². The van der Waals surface area contributed by atoms with E-state index < -0.39 is 5.60 Å². The highest BCUT2D eigenvalue weighted by atomic mass is 16.5. The molecule has 1 spiro atoms. The molecule has 1 heterocycles. The van der Waals surface area contributed by atoms with Gasteiger partial charge in [0.1, 0.15) is 11.4 Å². The van der Waals surface area contributed by atoms with Crippen LogP contribution < -0.4 is 10.1 Å². The predicted molar refractivity (Wildman–Crippen MR) is 93.5 cm³/mol. The average molecular weight is 339 g/mol. The number of hydrogen-bond donors (Lipinski definition) is 1. The first-order valence-electron chi connectivity index (χ1n) is 9.80. The van der Waals surface area contributed by atoms with Gasteiger partial charge in [-0.25, -0.2) is 0 Å². The van der Waals surface area contributed by atoms with Crippen LogP contribution in [0.1, 0.15) is 61.7 Å². The number of carbonyl (C=O) groups is 2. The largest absolute Gasteiger partial charge is 0.486 e. The number of benzene rings is 1. The fraction of sp³-hybridized carbons (Fsp3) is 0.619. The Hall–Kier alpha value is -1.84. The molecule has 1 aromatic carbocycles. The summed E-state index contributed by atoms with van der Waals surface area (Å²) in [6.07, 6.45) is 8.29. The molecule has 3 saturated carbocycles. The molecular weight excluding hydrogens is 314 g/mol. The Morgan fingerprint density at radius 3 is 2.76 bits per heavy atom. The van der Waals surface area contributed by atoms with E-state index in [-0.39, 0.29) is 23.5 Å². The normalized spacial score (nSPS) is 36.5. The number of carbonyl (C=O) groups excluding carboxylic acids is 2. The van der Waals surface area contributed by atoms with Gasteiger partial charge in [-0.3, -0.25) is 9.59 Å². The number of ether oxygens (including phenoxy) is 1. The zero-order valence-corrected chi connectivity index (χ0v) is 14.5. The number of hydrogen-bond acceptors (Lipinski definition) is 3. The summed E-state index contributed by atoms with van der Waals surface area (Å²) in [6.45, 7) is 0. The minimum Gasteiger partial charge on any atom is -0.486 e. The molecule has 3 aliphatic carbocycles. The van der Waals surface area contributed by atoms with Crippen LogP contribution in [0.5, 0.6) is 5.75 Å². The maximum Gasteiger partial charge on any atom is 0.224 e. The molecule has 1 aromatic rings. The van der Waals surface area contributed by atoms with E-state index in [4.69, 9.17) is 4.74 Å². The maximum atomic E-state index is 12.8. The van der Waals surface area contributed by atoms with Gasteiger partial charge in [-0.05, 0) is 43.7 Å². The summed E-state index contributed by atoms with van der Waals surface area (Å²) in [5, 5.41) is 3.28. The van der Waals surface area contributed by atoms with Crippen molar-refractivity contribution in [3.05, 3.63) is 29.8 Å². The van der Waals surface area contributed by atoms with Crippen LogP contribution in [-0.4, -0.2) is 23.3 Å². The minimum absolute atomic E-state index is 0.0498. The van der Waals surface area contributed by atoms with Gasteiger partial charge in [0, 0.05) is 17.9 Å². The lowest BCUT2D eigenvalue weighted by atomic mass is 9.84. The Kier molecular flexibility index (Phi) is 3.44. The summed E-state index contributed by atoms with van der Waals surface area (Å²) in [6, 6.07) is 7.89. The van der Waals surface area contributed by atoms with Gasteiger partial charge in [-0.15, -0.1) is 0 Å². The van der Waals surface area contributed by atoms with Crippen LogP contribution in [0, 0.1) is 17.8 Å². The van der Waals surface area contributed by atoms with Gasteiger partial charge in [-0.2, -0.15) is 0 Å². The van der Waals surface area contributed by atoms with Crippen LogP contribution in [-0.2, 0) is 4.79 Å². The van der Waals surface area contributed by atoms with Crippen molar-refractivity contribution in [3.63, 3.8) is 0 Å². The average Bonchev–Trinajstić information content (AvgIpc) is 3.28. The molecule has 0 aromatic heterocycles. The third-order valence-electron chi connectivity index (χ3n) is 6.89. The van der Waals surface area contributed by atoms with E-state index in [0.717, 1.165) is 25.7 Å². The first-order valence-corrected chi connectivity index (χ1v) is 9.80. The van der Waals surface area contributed by atoms with Gasteiger partial charge < -0.3 is 10.1 Å². The summed E-state index contributed by atoms with van der Waals surface area (Å²) < 4.78 is 6.37. The van der Waals surface area contributed by atoms with Crippen molar-refractivity contribution in [2.45, 2.75) is 63.0 Å². The SMILES string of the molecule is O=C1C[C@]2(CC[C@@H]3[C@H](C(=O)NC4CCCCC4)[C@@H]32)Oc2ccccc21. The van der Waals surface area contributed by atoms with E-state index in [1.54, 1.807) is 0 Å². The molecule has 4 atom stereocenters. The number of amides is 1. The third-order valence-corrected chi connectivity index (χ3v) is 6.89. The second-order valence-corrected chi connectivity index (χ2v) is 8.36. The zero-order chi connectivity index (χ0) is 17.0. The number of fused-ring (bicyclic) bond motifs is 3. The molecule has 5 rings (SSSR count). The molecule has 1 N–H and O–H groups in total. The number of para-hydroxylation sites is 1. The monoisotopic (exact) mass is 339 g/mol. The van der Waals surface area contributed by atoms with Crippen molar-refractivity contribution >= 4 is 11.7 Å². The Morgan fingerprint density at radius 2 is 1.92 bits per heavy atom. The maximum absolute atomic E-state index is 12.8. The summed E-state index contributed by atoms with van der Waals surface area (Å²) in [5.74, 6) is 1.75. The van der Waals surface area contributed by atoms with E-state index in [1.165, 1.54) is 19.3 Å². The van der Waals surface area contributed by atoms with E-state index in [0.29, 0.717) is 29.7 Å².